The molecule has 29 heavy (non-hydrogen) atoms. The number of carboxylic acid groups (broad SMARTS) is 1. The molecule has 0 unspecified atom stereocenters. The average Bonchev–Trinajstić information content (AvgIpc) is 3.00. The number of hydrogen-bond acceptors (Lipinski definition) is 4. The van der Waals surface area contributed by atoms with Crippen LogP contribution in [0.15, 0.2) is 18.2 Å². The van der Waals surface area contributed by atoms with Gasteiger partial charge in [-0.3, -0.25) is 10.1 Å². The molecule has 3 aliphatic rings. The van der Waals surface area contributed by atoms with E-state index in [0.29, 0.717) is 11.6 Å². The van der Waals surface area contributed by atoms with Crippen molar-refractivity contribution >= 4 is 23.4 Å². The molecular weight excluding hydrogens is 370 g/mol. The summed E-state index contributed by atoms with van der Waals surface area (Å²) < 4.78 is 0. The van der Waals surface area contributed by atoms with E-state index in [1.54, 1.807) is 6.07 Å². The number of carbonyl (C=O) groups is 2. The molecule has 0 aromatic heterocycles. The van der Waals surface area contributed by atoms with Crippen molar-refractivity contribution in [3.63, 3.8) is 0 Å². The molecule has 1 aromatic carbocycles. The second kappa shape index (κ2) is 7.86. The van der Waals surface area contributed by atoms with E-state index >= 15 is 0 Å². The summed E-state index contributed by atoms with van der Waals surface area (Å²) in [6.45, 7) is 4.36. The van der Waals surface area contributed by atoms with Gasteiger partial charge in [0.15, 0.2) is 0 Å². The molecule has 1 atom stereocenters. The fourth-order valence-corrected chi connectivity index (χ4v) is 5.40. The predicted molar refractivity (Wildman–Crippen MR) is 111 cm³/mol. The average molecular weight is 402 g/mol. The van der Waals surface area contributed by atoms with Crippen LogP contribution in [0, 0.1) is 12.3 Å². The minimum Gasteiger partial charge on any atom is -0.465 e. The Morgan fingerprint density at radius 1 is 1.17 bits per heavy atom. The largest absolute Gasteiger partial charge is 0.465 e. The third-order valence-electron chi connectivity index (χ3n) is 7.05. The minimum atomic E-state index is -1.07. The number of aliphatic hydroxyl groups is 1. The number of nitrogens with zero attached hydrogens (tertiary/aromatic N) is 2. The van der Waals surface area contributed by atoms with Crippen molar-refractivity contribution in [1.29, 1.82) is 0 Å². The van der Waals surface area contributed by atoms with Crippen molar-refractivity contribution in [3.8, 4) is 0 Å². The summed E-state index contributed by atoms with van der Waals surface area (Å²) in [6.07, 6.45) is 4.96. The molecule has 1 aliphatic carbocycles. The number of piperidine rings is 1. The maximum absolute atomic E-state index is 13.4. The van der Waals surface area contributed by atoms with Crippen LogP contribution in [0.2, 0.25) is 0 Å². The minimum absolute atomic E-state index is 0.204. The molecule has 1 saturated carbocycles. The van der Waals surface area contributed by atoms with E-state index in [0.717, 1.165) is 75.8 Å². The Morgan fingerprint density at radius 2 is 1.93 bits per heavy atom. The summed E-state index contributed by atoms with van der Waals surface area (Å²) in [5, 5.41) is 21.2. The Morgan fingerprint density at radius 3 is 2.62 bits per heavy atom. The van der Waals surface area contributed by atoms with E-state index in [2.05, 4.69) is 15.1 Å². The molecule has 3 fully saturated rings. The van der Waals surface area contributed by atoms with Crippen LogP contribution in [-0.4, -0.2) is 58.9 Å². The van der Waals surface area contributed by atoms with Crippen LogP contribution in [-0.2, 0) is 4.79 Å². The highest BCUT2D eigenvalue weighted by Crippen LogP contribution is 2.43. The van der Waals surface area contributed by atoms with E-state index in [1.807, 2.05) is 19.1 Å². The van der Waals surface area contributed by atoms with E-state index in [-0.39, 0.29) is 17.6 Å². The molecule has 158 valence electrons. The van der Waals surface area contributed by atoms with Crippen molar-refractivity contribution < 1.29 is 19.8 Å². The van der Waals surface area contributed by atoms with Crippen LogP contribution < -0.4 is 10.2 Å². The molecule has 7 heteroatoms. The second-order valence-electron chi connectivity index (χ2n) is 8.95. The third kappa shape index (κ3) is 3.92. The molecular formula is C22H31N3O4. The number of hydrogen-bond donors (Lipinski definition) is 3. The molecule has 2 amide bonds. The Balaban J connectivity index is 1.47. The van der Waals surface area contributed by atoms with Gasteiger partial charge >= 0.3 is 6.09 Å². The second-order valence-corrected chi connectivity index (χ2v) is 8.95. The normalized spacial score (nSPS) is 30.1. The molecule has 2 heterocycles. The summed E-state index contributed by atoms with van der Waals surface area (Å²) in [5.41, 5.74) is 2.21. The smallest absolute Gasteiger partial charge is 0.409 e. The van der Waals surface area contributed by atoms with Gasteiger partial charge < -0.3 is 20.0 Å². The number of benzene rings is 1. The highest BCUT2D eigenvalue weighted by atomic mass is 16.4. The Labute approximate surface area is 171 Å². The van der Waals surface area contributed by atoms with Gasteiger partial charge in [0, 0.05) is 37.1 Å². The Bertz CT molecular complexity index is 790. The standard InChI is InChI=1S/C22H31N3O4/c1-15-13-17(5-8-19(15)23-21(28)29)24-11-2-9-22(14-24)10-12-25(20(22)27)16-3-6-18(26)7-4-16/h5,8,13,16,18,23,26H,2-4,6-7,9-12,14H2,1H3,(H,28,29)/t16?,18?,22-/m0/s1. The highest BCUT2D eigenvalue weighted by molar-refractivity contribution is 5.87. The summed E-state index contributed by atoms with van der Waals surface area (Å²) in [6, 6.07) is 6.03. The monoisotopic (exact) mass is 401 g/mol. The molecule has 7 nitrogen and oxygen atoms in total. The van der Waals surface area contributed by atoms with Gasteiger partial charge in [-0.05, 0) is 75.6 Å². The number of nitrogens with one attached hydrogen (secondary N) is 1. The van der Waals surface area contributed by atoms with Gasteiger partial charge in [0.2, 0.25) is 5.91 Å². The lowest BCUT2D eigenvalue weighted by molar-refractivity contribution is -0.139. The lowest BCUT2D eigenvalue weighted by atomic mass is 9.78. The summed E-state index contributed by atoms with van der Waals surface area (Å²) in [7, 11) is 0. The van der Waals surface area contributed by atoms with Gasteiger partial charge in [0.1, 0.15) is 0 Å². The first-order valence-electron chi connectivity index (χ1n) is 10.7. The van der Waals surface area contributed by atoms with Crippen LogP contribution in [0.4, 0.5) is 16.2 Å². The first-order valence-corrected chi connectivity index (χ1v) is 10.7. The molecule has 1 aromatic rings. The number of amides is 2. The molecule has 0 radical (unpaired) electrons. The zero-order valence-electron chi connectivity index (χ0n) is 17.1. The third-order valence-corrected chi connectivity index (χ3v) is 7.05. The molecule has 2 saturated heterocycles. The molecule has 2 aliphatic heterocycles. The number of likely N-dealkylation sites (tertiary alicyclic amines) is 1. The van der Waals surface area contributed by atoms with Crippen molar-refractivity contribution in [2.24, 2.45) is 5.41 Å². The maximum atomic E-state index is 13.4. The zero-order chi connectivity index (χ0) is 20.6. The topological polar surface area (TPSA) is 93.1 Å². The number of rotatable bonds is 3. The maximum Gasteiger partial charge on any atom is 0.409 e. The first-order chi connectivity index (χ1) is 13.9. The highest BCUT2D eigenvalue weighted by Gasteiger charge is 2.50. The lowest BCUT2D eigenvalue weighted by Gasteiger charge is -2.41. The van der Waals surface area contributed by atoms with Crippen molar-refractivity contribution in [2.45, 2.75) is 64.0 Å². The van der Waals surface area contributed by atoms with Gasteiger partial charge in [0.05, 0.1) is 11.5 Å². The first kappa shape index (κ1) is 20.0. The SMILES string of the molecule is Cc1cc(N2CCC[C@]3(CCN(C4CCC(O)CC4)C3=O)C2)ccc1NC(=O)O. The number of anilines is 2. The quantitative estimate of drug-likeness (QED) is 0.723. The van der Waals surface area contributed by atoms with Crippen LogP contribution in [0.25, 0.3) is 0 Å². The molecule has 4 rings (SSSR count). The fraction of sp³-hybridized carbons (Fsp3) is 0.636. The van der Waals surface area contributed by atoms with Crippen molar-refractivity contribution in [3.05, 3.63) is 23.8 Å². The Kier molecular flexibility index (Phi) is 5.42. The Hall–Kier alpha value is -2.28. The molecule has 1 spiro atoms. The predicted octanol–water partition coefficient (Wildman–Crippen LogP) is 3.21. The number of aryl methyl sites for hydroxylation is 1. The van der Waals surface area contributed by atoms with Gasteiger partial charge in [-0.25, -0.2) is 4.79 Å². The lowest BCUT2D eigenvalue weighted by Crippen LogP contribution is -2.50. The number of aliphatic hydroxyl groups excluding tert-OH is 1. The summed E-state index contributed by atoms with van der Waals surface area (Å²) >= 11 is 0. The van der Waals surface area contributed by atoms with Crippen molar-refractivity contribution in [1.82, 2.24) is 4.90 Å². The van der Waals surface area contributed by atoms with Crippen LogP contribution in [0.1, 0.15) is 50.5 Å². The fourth-order valence-electron chi connectivity index (χ4n) is 5.40. The van der Waals surface area contributed by atoms with Gasteiger partial charge in [-0.2, -0.15) is 0 Å². The van der Waals surface area contributed by atoms with Crippen LogP contribution in [0.3, 0.4) is 0 Å². The van der Waals surface area contributed by atoms with E-state index < -0.39 is 6.09 Å². The van der Waals surface area contributed by atoms with Crippen molar-refractivity contribution in [2.75, 3.05) is 29.9 Å². The molecule has 3 N–H and O–H groups in total. The number of carbonyl (C=O) groups excluding carboxylic acids is 1. The summed E-state index contributed by atoms with van der Waals surface area (Å²) in [4.78, 5) is 28.7. The van der Waals surface area contributed by atoms with Gasteiger partial charge in [-0.1, -0.05) is 0 Å². The van der Waals surface area contributed by atoms with Crippen LogP contribution >= 0.6 is 0 Å². The van der Waals surface area contributed by atoms with Gasteiger partial charge in [-0.15, -0.1) is 0 Å². The summed E-state index contributed by atoms with van der Waals surface area (Å²) in [5.74, 6) is 0.296. The molecule has 0 bridgehead atoms. The van der Waals surface area contributed by atoms with Crippen LogP contribution in [0.5, 0.6) is 0 Å². The van der Waals surface area contributed by atoms with Gasteiger partial charge in [0.25, 0.3) is 0 Å². The van der Waals surface area contributed by atoms with E-state index in [9.17, 15) is 14.7 Å². The van der Waals surface area contributed by atoms with E-state index in [4.69, 9.17) is 5.11 Å². The zero-order valence-corrected chi connectivity index (χ0v) is 17.1. The van der Waals surface area contributed by atoms with E-state index in [1.165, 1.54) is 0 Å².